The molecule has 2 bridgehead atoms. The first-order valence-electron chi connectivity index (χ1n) is 11.1. The zero-order chi connectivity index (χ0) is 21.7. The lowest BCUT2D eigenvalue weighted by atomic mass is 9.81. The average Bonchev–Trinajstić information content (AvgIpc) is 3.45. The Labute approximate surface area is 179 Å². The number of carbonyl (C=O) groups is 3. The van der Waals surface area contributed by atoms with Gasteiger partial charge in [-0.1, -0.05) is 25.1 Å². The topological polar surface area (TPSA) is 101 Å². The summed E-state index contributed by atoms with van der Waals surface area (Å²) in [7, 11) is 0. The zero-order valence-electron chi connectivity index (χ0n) is 17.5. The highest BCUT2D eigenvalue weighted by molar-refractivity contribution is 6.08. The number of imide groups is 1. The van der Waals surface area contributed by atoms with Gasteiger partial charge in [0, 0.05) is 11.4 Å². The Morgan fingerprint density at radius 1 is 1.13 bits per heavy atom. The van der Waals surface area contributed by atoms with E-state index in [-0.39, 0.29) is 54.2 Å². The van der Waals surface area contributed by atoms with E-state index in [1.807, 2.05) is 19.1 Å². The van der Waals surface area contributed by atoms with Crippen LogP contribution < -0.4 is 10.9 Å². The minimum atomic E-state index is -0.380. The number of benzene rings is 1. The fourth-order valence-electron chi connectivity index (χ4n) is 5.79. The van der Waals surface area contributed by atoms with E-state index in [0.717, 1.165) is 29.5 Å². The van der Waals surface area contributed by atoms with Gasteiger partial charge in [-0.15, -0.1) is 0 Å². The molecular weight excluding hydrogens is 396 g/mol. The van der Waals surface area contributed by atoms with Gasteiger partial charge in [-0.05, 0) is 43.6 Å². The molecule has 1 saturated heterocycles. The molecule has 2 saturated carbocycles. The lowest BCUT2D eigenvalue weighted by Gasteiger charge is -2.21. The summed E-state index contributed by atoms with van der Waals surface area (Å²) >= 11 is 0. The highest BCUT2D eigenvalue weighted by atomic mass is 16.2. The monoisotopic (exact) mass is 422 g/mol. The number of hydrogen-bond donors (Lipinski definition) is 1. The Bertz CT molecular complexity index is 1100. The number of rotatable bonds is 6. The molecule has 162 valence electrons. The summed E-state index contributed by atoms with van der Waals surface area (Å²) in [5, 5.41) is 8.45. The van der Waals surface area contributed by atoms with Gasteiger partial charge in [0.05, 0.1) is 30.0 Å². The van der Waals surface area contributed by atoms with Crippen LogP contribution in [0.1, 0.15) is 32.6 Å². The first kappa shape index (κ1) is 19.9. The summed E-state index contributed by atoms with van der Waals surface area (Å²) in [5.74, 6) is -0.587. The molecule has 3 aliphatic rings. The van der Waals surface area contributed by atoms with Crippen molar-refractivity contribution in [3.05, 3.63) is 40.8 Å². The van der Waals surface area contributed by atoms with Crippen LogP contribution in [0.3, 0.4) is 0 Å². The third-order valence-electron chi connectivity index (χ3n) is 7.33. The predicted molar refractivity (Wildman–Crippen MR) is 113 cm³/mol. The number of aromatic nitrogens is 2. The average molecular weight is 422 g/mol. The third-order valence-corrected chi connectivity index (χ3v) is 7.33. The lowest BCUT2D eigenvalue weighted by molar-refractivity contribution is -0.144. The number of amides is 3. The molecule has 2 aliphatic carbocycles. The Morgan fingerprint density at radius 2 is 1.81 bits per heavy atom. The highest BCUT2D eigenvalue weighted by Crippen LogP contribution is 2.56. The van der Waals surface area contributed by atoms with Gasteiger partial charge < -0.3 is 5.32 Å². The molecule has 1 aromatic heterocycles. The first-order chi connectivity index (χ1) is 15.0. The van der Waals surface area contributed by atoms with Crippen molar-refractivity contribution in [2.45, 2.75) is 45.2 Å². The van der Waals surface area contributed by atoms with Crippen molar-refractivity contribution >= 4 is 28.5 Å². The van der Waals surface area contributed by atoms with E-state index in [4.69, 9.17) is 0 Å². The molecule has 31 heavy (non-hydrogen) atoms. The summed E-state index contributed by atoms with van der Waals surface area (Å²) in [4.78, 5) is 52.2. The van der Waals surface area contributed by atoms with Gasteiger partial charge in [-0.25, -0.2) is 4.68 Å². The van der Waals surface area contributed by atoms with Crippen LogP contribution in [0.4, 0.5) is 0 Å². The van der Waals surface area contributed by atoms with Crippen LogP contribution >= 0.6 is 0 Å². The first-order valence-corrected chi connectivity index (χ1v) is 11.1. The highest BCUT2D eigenvalue weighted by Gasteiger charge is 2.60. The van der Waals surface area contributed by atoms with E-state index in [1.54, 1.807) is 18.3 Å². The van der Waals surface area contributed by atoms with Crippen LogP contribution in [-0.2, 0) is 20.9 Å². The van der Waals surface area contributed by atoms with Gasteiger partial charge in [0.15, 0.2) is 0 Å². The summed E-state index contributed by atoms with van der Waals surface area (Å²) in [6.45, 7) is 1.88. The Morgan fingerprint density at radius 3 is 2.48 bits per heavy atom. The molecule has 2 aromatic rings. The van der Waals surface area contributed by atoms with Crippen LogP contribution in [0.25, 0.3) is 10.8 Å². The molecule has 8 heteroatoms. The molecule has 0 spiro atoms. The second-order valence-corrected chi connectivity index (χ2v) is 9.04. The summed E-state index contributed by atoms with van der Waals surface area (Å²) in [6.07, 6.45) is 5.22. The Kier molecular flexibility index (Phi) is 4.87. The van der Waals surface area contributed by atoms with Crippen LogP contribution in [-0.4, -0.2) is 45.0 Å². The molecule has 3 amide bonds. The van der Waals surface area contributed by atoms with E-state index in [1.165, 1.54) is 4.68 Å². The molecule has 0 radical (unpaired) electrons. The maximum absolute atomic E-state index is 12.8. The fraction of sp³-hybridized carbons (Fsp3) is 0.522. The molecule has 3 fully saturated rings. The lowest BCUT2D eigenvalue weighted by Crippen LogP contribution is -2.46. The molecule has 5 rings (SSSR count). The molecule has 1 aliphatic heterocycles. The minimum absolute atomic E-state index is 0.183. The molecule has 0 unspecified atom stereocenters. The summed E-state index contributed by atoms with van der Waals surface area (Å²) < 4.78 is 1.35. The number of likely N-dealkylation sites (tertiary alicyclic amines) is 1. The SMILES string of the molecule is CC[C@H](Cn1ncc2ccccc2c1=O)NC(=O)CN1C(=O)[C@@H]2[C@@H]3CC[C@@H](C3)[C@@H]2C1=O. The maximum atomic E-state index is 12.8. The second kappa shape index (κ2) is 7.59. The van der Waals surface area contributed by atoms with Crippen molar-refractivity contribution in [1.82, 2.24) is 20.0 Å². The maximum Gasteiger partial charge on any atom is 0.274 e. The van der Waals surface area contributed by atoms with Gasteiger partial charge in [-0.2, -0.15) is 5.10 Å². The number of hydrogen-bond acceptors (Lipinski definition) is 5. The molecule has 8 nitrogen and oxygen atoms in total. The quantitative estimate of drug-likeness (QED) is 0.708. The third kappa shape index (κ3) is 3.25. The van der Waals surface area contributed by atoms with Crippen LogP contribution in [0, 0.1) is 23.7 Å². The van der Waals surface area contributed by atoms with Crippen molar-refractivity contribution in [2.75, 3.05) is 6.54 Å². The number of carbonyl (C=O) groups excluding carboxylic acids is 3. The minimum Gasteiger partial charge on any atom is -0.350 e. The normalized spacial score (nSPS) is 27.7. The standard InChI is InChI=1S/C23H26N4O4/c1-2-16(11-27-21(29)17-6-4-3-5-15(17)10-24-27)25-18(28)12-26-22(30)19-13-7-8-14(9-13)20(19)23(26)31/h3-6,10,13-14,16,19-20H,2,7-9,11-12H2,1H3,(H,25,28)/t13-,14+,16-,19-,20+/m1/s1. The molecule has 5 atom stereocenters. The van der Waals surface area contributed by atoms with Gasteiger partial charge >= 0.3 is 0 Å². The molecule has 1 aromatic carbocycles. The number of nitrogens with one attached hydrogen (secondary N) is 1. The largest absolute Gasteiger partial charge is 0.350 e. The molecule has 2 heterocycles. The van der Waals surface area contributed by atoms with Crippen molar-refractivity contribution in [1.29, 1.82) is 0 Å². The Balaban J connectivity index is 1.26. The van der Waals surface area contributed by atoms with Crippen LogP contribution in [0.15, 0.2) is 35.3 Å². The smallest absolute Gasteiger partial charge is 0.274 e. The van der Waals surface area contributed by atoms with E-state index in [0.29, 0.717) is 23.6 Å². The van der Waals surface area contributed by atoms with E-state index in [9.17, 15) is 19.2 Å². The van der Waals surface area contributed by atoms with Gasteiger partial charge in [0.1, 0.15) is 6.54 Å². The van der Waals surface area contributed by atoms with Crippen LogP contribution in [0.2, 0.25) is 0 Å². The second-order valence-electron chi connectivity index (χ2n) is 9.04. The molecular formula is C23H26N4O4. The summed E-state index contributed by atoms with van der Waals surface area (Å²) in [5.41, 5.74) is -0.209. The van der Waals surface area contributed by atoms with Crippen molar-refractivity contribution in [3.8, 4) is 0 Å². The predicted octanol–water partition coefficient (Wildman–Crippen LogP) is 1.32. The number of nitrogens with zero attached hydrogens (tertiary/aromatic N) is 3. The van der Waals surface area contributed by atoms with Gasteiger partial charge in [0.2, 0.25) is 17.7 Å². The van der Waals surface area contributed by atoms with E-state index in [2.05, 4.69) is 10.4 Å². The van der Waals surface area contributed by atoms with Crippen molar-refractivity contribution < 1.29 is 14.4 Å². The van der Waals surface area contributed by atoms with E-state index >= 15 is 0 Å². The van der Waals surface area contributed by atoms with Crippen molar-refractivity contribution in [2.24, 2.45) is 23.7 Å². The van der Waals surface area contributed by atoms with Gasteiger partial charge in [0.25, 0.3) is 5.56 Å². The fourth-order valence-corrected chi connectivity index (χ4v) is 5.79. The zero-order valence-corrected chi connectivity index (χ0v) is 17.5. The Hall–Kier alpha value is -3.03. The van der Waals surface area contributed by atoms with Crippen LogP contribution in [0.5, 0.6) is 0 Å². The van der Waals surface area contributed by atoms with Gasteiger partial charge in [-0.3, -0.25) is 24.1 Å². The van der Waals surface area contributed by atoms with Crippen molar-refractivity contribution in [3.63, 3.8) is 0 Å². The van der Waals surface area contributed by atoms with E-state index < -0.39 is 0 Å². The molecule has 1 N–H and O–H groups in total. The number of fused-ring (bicyclic) bond motifs is 6. The summed E-state index contributed by atoms with van der Waals surface area (Å²) in [6, 6.07) is 6.91.